The van der Waals surface area contributed by atoms with E-state index >= 15 is 0 Å². The zero-order valence-electron chi connectivity index (χ0n) is 10.7. The van der Waals surface area contributed by atoms with Gasteiger partial charge in [0.25, 0.3) is 0 Å². The molecule has 0 saturated heterocycles. The Bertz CT molecular complexity index is 232. The summed E-state index contributed by atoms with van der Waals surface area (Å²) in [7, 11) is -0.775. The van der Waals surface area contributed by atoms with Gasteiger partial charge in [0, 0.05) is 28.9 Å². The van der Waals surface area contributed by atoms with Gasteiger partial charge in [-0.25, -0.2) is 0 Å². The molecule has 5 heteroatoms. The van der Waals surface area contributed by atoms with Crippen LogP contribution < -0.4 is 10.6 Å². The number of hydrogen-bond donors (Lipinski definition) is 2. The minimum Gasteiger partial charge on any atom is -0.355 e. The van der Waals surface area contributed by atoms with Crippen molar-refractivity contribution in [3.8, 4) is 0 Å². The van der Waals surface area contributed by atoms with Gasteiger partial charge in [-0.1, -0.05) is 20.8 Å². The standard InChI is InChI=1S/C11H24N2O2S/c1-9(2)7-13-11(14)8-12-6-5-10(3)16(4)15/h9-10,12H,5-8H2,1-4H3,(H,13,14). The summed E-state index contributed by atoms with van der Waals surface area (Å²) in [5.74, 6) is 0.505. The van der Waals surface area contributed by atoms with Crippen LogP contribution in [0.4, 0.5) is 0 Å². The van der Waals surface area contributed by atoms with Crippen molar-refractivity contribution in [3.05, 3.63) is 0 Å². The molecular weight excluding hydrogens is 224 g/mol. The zero-order chi connectivity index (χ0) is 12.6. The first kappa shape index (κ1) is 15.6. The van der Waals surface area contributed by atoms with Crippen LogP contribution in [0.2, 0.25) is 0 Å². The van der Waals surface area contributed by atoms with Crippen molar-refractivity contribution >= 4 is 16.7 Å². The van der Waals surface area contributed by atoms with Crippen molar-refractivity contribution in [2.24, 2.45) is 5.92 Å². The van der Waals surface area contributed by atoms with E-state index in [0.29, 0.717) is 12.5 Å². The minimum absolute atomic E-state index is 0.0268. The van der Waals surface area contributed by atoms with E-state index in [0.717, 1.165) is 19.5 Å². The van der Waals surface area contributed by atoms with Crippen LogP contribution in [0.25, 0.3) is 0 Å². The lowest BCUT2D eigenvalue weighted by Gasteiger charge is -2.10. The highest BCUT2D eigenvalue weighted by Gasteiger charge is 2.06. The maximum absolute atomic E-state index is 11.3. The lowest BCUT2D eigenvalue weighted by molar-refractivity contribution is -0.120. The van der Waals surface area contributed by atoms with Crippen molar-refractivity contribution in [2.45, 2.75) is 32.4 Å². The van der Waals surface area contributed by atoms with Gasteiger partial charge < -0.3 is 10.6 Å². The summed E-state index contributed by atoms with van der Waals surface area (Å²) < 4.78 is 11.1. The molecule has 1 amide bonds. The molecule has 2 N–H and O–H groups in total. The van der Waals surface area contributed by atoms with Gasteiger partial charge in [-0.15, -0.1) is 0 Å². The molecule has 0 aliphatic heterocycles. The molecule has 0 bridgehead atoms. The number of nitrogens with one attached hydrogen (secondary N) is 2. The summed E-state index contributed by atoms with van der Waals surface area (Å²) in [6.45, 7) is 7.87. The summed E-state index contributed by atoms with van der Waals surface area (Å²) in [6, 6.07) is 0. The molecule has 0 heterocycles. The van der Waals surface area contributed by atoms with E-state index in [-0.39, 0.29) is 11.2 Å². The number of amides is 1. The fourth-order valence-corrected chi connectivity index (χ4v) is 1.50. The van der Waals surface area contributed by atoms with E-state index in [1.165, 1.54) is 0 Å². The first-order valence-electron chi connectivity index (χ1n) is 5.73. The first-order valence-corrected chi connectivity index (χ1v) is 7.35. The first-order chi connectivity index (χ1) is 7.43. The third-order valence-corrected chi connectivity index (χ3v) is 3.66. The lowest BCUT2D eigenvalue weighted by atomic mass is 10.2. The van der Waals surface area contributed by atoms with E-state index in [4.69, 9.17) is 0 Å². The predicted octanol–water partition coefficient (Wildman–Crippen LogP) is 0.505. The SMILES string of the molecule is CC(C)CNC(=O)CNCCC(C)S(C)=O. The molecule has 0 aromatic rings. The second-order valence-electron chi connectivity index (χ2n) is 4.47. The Morgan fingerprint density at radius 3 is 2.44 bits per heavy atom. The molecule has 4 nitrogen and oxygen atoms in total. The monoisotopic (exact) mass is 248 g/mol. The van der Waals surface area contributed by atoms with Crippen LogP contribution in [0.15, 0.2) is 0 Å². The molecule has 16 heavy (non-hydrogen) atoms. The van der Waals surface area contributed by atoms with Gasteiger partial charge >= 0.3 is 0 Å². The third-order valence-electron chi connectivity index (χ3n) is 2.29. The van der Waals surface area contributed by atoms with Gasteiger partial charge in [-0.3, -0.25) is 9.00 Å². The van der Waals surface area contributed by atoms with Crippen LogP contribution in [0.5, 0.6) is 0 Å². The number of hydrogen-bond acceptors (Lipinski definition) is 3. The van der Waals surface area contributed by atoms with Gasteiger partial charge in [0.1, 0.15) is 0 Å². The lowest BCUT2D eigenvalue weighted by Crippen LogP contribution is -2.36. The topological polar surface area (TPSA) is 58.2 Å². The summed E-state index contributed by atoms with van der Waals surface area (Å²) >= 11 is 0. The van der Waals surface area contributed by atoms with Crippen molar-refractivity contribution in [2.75, 3.05) is 25.9 Å². The highest BCUT2D eigenvalue weighted by atomic mass is 32.2. The summed E-state index contributed by atoms with van der Waals surface area (Å²) in [6.07, 6.45) is 2.54. The maximum atomic E-state index is 11.3. The van der Waals surface area contributed by atoms with Gasteiger partial charge in [-0.2, -0.15) is 0 Å². The Kier molecular flexibility index (Phi) is 8.47. The normalized spacial score (nSPS) is 14.8. The minimum atomic E-state index is -0.775. The molecule has 0 aliphatic rings. The van der Waals surface area contributed by atoms with Crippen LogP contribution >= 0.6 is 0 Å². The van der Waals surface area contributed by atoms with Crippen LogP contribution in [0.1, 0.15) is 27.2 Å². The Hall–Kier alpha value is -0.420. The average molecular weight is 248 g/mol. The molecule has 0 rings (SSSR count). The summed E-state index contributed by atoms with van der Waals surface area (Å²) in [5.41, 5.74) is 0. The molecule has 0 saturated carbocycles. The molecule has 2 atom stereocenters. The molecule has 0 aromatic carbocycles. The zero-order valence-corrected chi connectivity index (χ0v) is 11.5. The number of carbonyl (C=O) groups is 1. The van der Waals surface area contributed by atoms with Gasteiger partial charge in [0.15, 0.2) is 0 Å². The van der Waals surface area contributed by atoms with Crippen molar-refractivity contribution < 1.29 is 9.00 Å². The third kappa shape index (κ3) is 8.85. The number of rotatable bonds is 8. The smallest absolute Gasteiger partial charge is 0.233 e. The molecule has 0 fully saturated rings. The second kappa shape index (κ2) is 8.70. The van der Waals surface area contributed by atoms with E-state index in [1.54, 1.807) is 6.26 Å². The van der Waals surface area contributed by atoms with Crippen molar-refractivity contribution in [1.29, 1.82) is 0 Å². The molecule has 0 spiro atoms. The largest absolute Gasteiger partial charge is 0.355 e. The quantitative estimate of drug-likeness (QED) is 0.615. The van der Waals surface area contributed by atoms with E-state index < -0.39 is 10.8 Å². The molecule has 0 aliphatic carbocycles. The molecule has 0 radical (unpaired) electrons. The van der Waals surface area contributed by atoms with E-state index in [1.807, 2.05) is 6.92 Å². The fourth-order valence-electron chi connectivity index (χ4n) is 1.05. The highest BCUT2D eigenvalue weighted by molar-refractivity contribution is 7.84. The Morgan fingerprint density at radius 1 is 1.31 bits per heavy atom. The summed E-state index contributed by atoms with van der Waals surface area (Å²) in [5, 5.41) is 6.07. The maximum Gasteiger partial charge on any atom is 0.233 e. The van der Waals surface area contributed by atoms with Crippen molar-refractivity contribution in [3.63, 3.8) is 0 Å². The molecule has 0 aromatic heterocycles. The van der Waals surface area contributed by atoms with Crippen LogP contribution in [-0.4, -0.2) is 41.3 Å². The molecular formula is C11H24N2O2S. The van der Waals surface area contributed by atoms with Crippen LogP contribution in [0, 0.1) is 5.92 Å². The summed E-state index contributed by atoms with van der Waals surface area (Å²) in [4.78, 5) is 11.3. The highest BCUT2D eigenvalue weighted by Crippen LogP contribution is 1.96. The van der Waals surface area contributed by atoms with Crippen molar-refractivity contribution in [1.82, 2.24) is 10.6 Å². The Morgan fingerprint density at radius 2 is 1.94 bits per heavy atom. The Labute approximate surface area is 101 Å². The van der Waals surface area contributed by atoms with Gasteiger partial charge in [-0.05, 0) is 18.9 Å². The van der Waals surface area contributed by atoms with Gasteiger partial charge in [0.05, 0.1) is 6.54 Å². The van der Waals surface area contributed by atoms with E-state index in [9.17, 15) is 9.00 Å². The van der Waals surface area contributed by atoms with Crippen LogP contribution in [-0.2, 0) is 15.6 Å². The average Bonchev–Trinajstić information content (AvgIpc) is 2.20. The second-order valence-corrected chi connectivity index (χ2v) is 6.27. The van der Waals surface area contributed by atoms with Crippen LogP contribution in [0.3, 0.4) is 0 Å². The predicted molar refractivity (Wildman–Crippen MR) is 68.9 cm³/mol. The molecule has 2 unspecified atom stereocenters. The molecule has 96 valence electrons. The number of carbonyl (C=O) groups excluding carboxylic acids is 1. The van der Waals surface area contributed by atoms with Gasteiger partial charge in [0.2, 0.25) is 5.91 Å². The Balaban J connectivity index is 3.44. The van der Waals surface area contributed by atoms with E-state index in [2.05, 4.69) is 24.5 Å². The fraction of sp³-hybridized carbons (Fsp3) is 0.909.